The van der Waals surface area contributed by atoms with Crippen LogP contribution in [0.3, 0.4) is 0 Å². The molecule has 2 aliphatic rings. The monoisotopic (exact) mass is 551 g/mol. The minimum Gasteiger partial charge on any atom is -0.507 e. The van der Waals surface area contributed by atoms with Gasteiger partial charge < -0.3 is 30.5 Å². The van der Waals surface area contributed by atoms with E-state index in [0.717, 1.165) is 24.8 Å². The summed E-state index contributed by atoms with van der Waals surface area (Å²) in [6.45, 7) is 3.06. The molecule has 2 aromatic rings. The second-order valence-electron chi connectivity index (χ2n) is 10.8. The first-order chi connectivity index (χ1) is 19.1. The average Bonchev–Trinajstić information content (AvgIpc) is 2.91. The van der Waals surface area contributed by atoms with Crippen molar-refractivity contribution in [3.63, 3.8) is 0 Å². The lowest BCUT2D eigenvalue weighted by Crippen LogP contribution is -2.61. The number of hydrogen-bond acceptors (Lipinski definition) is 7. The van der Waals surface area contributed by atoms with E-state index in [1.165, 1.54) is 31.0 Å². The van der Waals surface area contributed by atoms with Crippen molar-refractivity contribution in [2.75, 3.05) is 7.05 Å². The molecule has 1 aliphatic carbocycles. The van der Waals surface area contributed by atoms with Crippen LogP contribution in [0.4, 0.5) is 0 Å². The minimum atomic E-state index is -1.35. The van der Waals surface area contributed by atoms with E-state index in [-0.39, 0.29) is 23.7 Å². The number of rotatable bonds is 5. The van der Waals surface area contributed by atoms with E-state index in [2.05, 4.69) is 10.6 Å². The standard InChI is InChI=1S/C30H37N3O7/c1-17-26(35)22(16-19-10-5-4-6-11-19)31-28(37)24(32-27(36)21-14-7-8-15-23(21)34)18(2)40-30(39)25(20-12-9-13-20)33(3)29(17)38/h4-8,10-11,14-15,17-18,20,22,24-26,34-35H,9,12-13,16H2,1-3H3,(H,31,37)(H,32,36)/t17-,18-,22+,24+,25?,26+/m1/s1. The molecule has 1 saturated heterocycles. The highest BCUT2D eigenvalue weighted by molar-refractivity contribution is 6.00. The molecule has 0 radical (unpaired) electrons. The smallest absolute Gasteiger partial charge is 0.329 e. The van der Waals surface area contributed by atoms with Crippen LogP contribution in [0, 0.1) is 11.8 Å². The molecular formula is C30H37N3O7. The quantitative estimate of drug-likeness (QED) is 0.415. The maximum atomic E-state index is 13.7. The largest absolute Gasteiger partial charge is 0.507 e. The Morgan fingerprint density at radius 2 is 1.70 bits per heavy atom. The van der Waals surface area contributed by atoms with Crippen molar-refractivity contribution in [2.45, 2.75) is 69.9 Å². The Morgan fingerprint density at radius 1 is 1.05 bits per heavy atom. The Balaban J connectivity index is 1.70. The average molecular weight is 552 g/mol. The Bertz CT molecular complexity index is 1230. The number of esters is 1. The van der Waals surface area contributed by atoms with Gasteiger partial charge in [0.25, 0.3) is 5.91 Å². The first-order valence-corrected chi connectivity index (χ1v) is 13.7. The zero-order valence-electron chi connectivity index (χ0n) is 22.9. The van der Waals surface area contributed by atoms with E-state index in [1.54, 1.807) is 19.1 Å². The van der Waals surface area contributed by atoms with Crippen LogP contribution in [0.25, 0.3) is 0 Å². The molecule has 214 valence electrons. The Morgan fingerprint density at radius 3 is 2.33 bits per heavy atom. The molecule has 4 N–H and O–H groups in total. The van der Waals surface area contributed by atoms with Crippen LogP contribution in [0.2, 0.25) is 0 Å². The molecule has 2 fully saturated rings. The molecule has 1 unspecified atom stereocenters. The Hall–Kier alpha value is -3.92. The molecule has 1 saturated carbocycles. The van der Waals surface area contributed by atoms with Gasteiger partial charge in [-0.25, -0.2) is 4.79 Å². The van der Waals surface area contributed by atoms with Crippen LogP contribution in [0.15, 0.2) is 54.6 Å². The summed E-state index contributed by atoms with van der Waals surface area (Å²) >= 11 is 0. The normalized spacial score (nSPS) is 28.4. The third-order valence-electron chi connectivity index (χ3n) is 8.03. The van der Waals surface area contributed by atoms with Gasteiger partial charge in [-0.1, -0.05) is 55.8 Å². The number of cyclic esters (lactones) is 1. The van der Waals surface area contributed by atoms with E-state index in [9.17, 15) is 29.4 Å². The lowest BCUT2D eigenvalue weighted by molar-refractivity contribution is -0.166. The maximum absolute atomic E-state index is 13.7. The topological polar surface area (TPSA) is 145 Å². The van der Waals surface area contributed by atoms with Crippen LogP contribution in [0.5, 0.6) is 5.75 Å². The number of aliphatic hydroxyl groups is 1. The van der Waals surface area contributed by atoms with Crippen molar-refractivity contribution < 1.29 is 34.1 Å². The number of phenolic OH excluding ortho intramolecular Hbond substituents is 1. The molecule has 40 heavy (non-hydrogen) atoms. The number of aromatic hydroxyl groups is 1. The molecule has 1 aliphatic heterocycles. The van der Waals surface area contributed by atoms with Gasteiger partial charge in [-0.2, -0.15) is 0 Å². The number of ether oxygens (including phenoxy) is 1. The number of nitrogens with zero attached hydrogens (tertiary/aromatic N) is 1. The first-order valence-electron chi connectivity index (χ1n) is 13.7. The fraction of sp³-hybridized carbons (Fsp3) is 0.467. The molecule has 2 aromatic carbocycles. The molecule has 0 aromatic heterocycles. The molecule has 0 bridgehead atoms. The van der Waals surface area contributed by atoms with Crippen molar-refractivity contribution in [3.8, 4) is 5.75 Å². The first kappa shape index (κ1) is 29.1. The fourth-order valence-electron chi connectivity index (χ4n) is 5.37. The number of likely N-dealkylation sites (N-methyl/N-ethyl adjacent to an activating group) is 1. The second kappa shape index (κ2) is 12.5. The summed E-state index contributed by atoms with van der Waals surface area (Å²) in [6.07, 6.45) is 0.210. The molecule has 3 amide bonds. The number of phenols is 1. The number of para-hydroxylation sites is 1. The Kier molecular flexibility index (Phi) is 9.09. The van der Waals surface area contributed by atoms with Gasteiger partial charge >= 0.3 is 5.97 Å². The summed E-state index contributed by atoms with van der Waals surface area (Å²) in [5, 5.41) is 27.0. The Labute approximate surface area is 233 Å². The number of carbonyl (C=O) groups is 4. The predicted molar refractivity (Wildman–Crippen MR) is 146 cm³/mol. The van der Waals surface area contributed by atoms with E-state index < -0.39 is 59.9 Å². The molecule has 4 rings (SSSR count). The third-order valence-corrected chi connectivity index (χ3v) is 8.03. The fourth-order valence-corrected chi connectivity index (χ4v) is 5.37. The highest BCUT2D eigenvalue weighted by atomic mass is 16.5. The molecule has 6 atom stereocenters. The third kappa shape index (κ3) is 6.28. The number of benzene rings is 2. The summed E-state index contributed by atoms with van der Waals surface area (Å²) in [7, 11) is 1.54. The highest BCUT2D eigenvalue weighted by Crippen LogP contribution is 2.34. The number of carbonyl (C=O) groups excluding carboxylic acids is 4. The second-order valence-corrected chi connectivity index (χ2v) is 10.8. The molecule has 10 nitrogen and oxygen atoms in total. The van der Waals surface area contributed by atoms with E-state index in [1.807, 2.05) is 30.3 Å². The maximum Gasteiger partial charge on any atom is 0.329 e. The highest BCUT2D eigenvalue weighted by Gasteiger charge is 2.44. The van der Waals surface area contributed by atoms with Gasteiger partial charge in [0.1, 0.15) is 23.9 Å². The summed E-state index contributed by atoms with van der Waals surface area (Å²) in [5.74, 6) is -3.85. The van der Waals surface area contributed by atoms with Gasteiger partial charge in [-0.05, 0) is 49.8 Å². The molecular weight excluding hydrogens is 514 g/mol. The lowest BCUT2D eigenvalue weighted by atomic mass is 9.78. The van der Waals surface area contributed by atoms with Gasteiger partial charge in [0.2, 0.25) is 11.8 Å². The molecule has 10 heteroatoms. The summed E-state index contributed by atoms with van der Waals surface area (Å²) in [5.41, 5.74) is 0.778. The zero-order valence-corrected chi connectivity index (χ0v) is 22.9. The van der Waals surface area contributed by atoms with Crippen LogP contribution in [0.1, 0.15) is 49.0 Å². The van der Waals surface area contributed by atoms with Gasteiger partial charge in [0.05, 0.1) is 23.6 Å². The van der Waals surface area contributed by atoms with Crippen LogP contribution < -0.4 is 10.6 Å². The van der Waals surface area contributed by atoms with E-state index >= 15 is 0 Å². The van der Waals surface area contributed by atoms with E-state index in [0.29, 0.717) is 0 Å². The predicted octanol–water partition coefficient (Wildman–Crippen LogP) is 1.79. The van der Waals surface area contributed by atoms with Gasteiger partial charge in [0.15, 0.2) is 0 Å². The van der Waals surface area contributed by atoms with Gasteiger partial charge in [-0.3, -0.25) is 14.4 Å². The number of amides is 3. The lowest BCUT2D eigenvalue weighted by Gasteiger charge is -2.41. The van der Waals surface area contributed by atoms with Crippen LogP contribution >= 0.6 is 0 Å². The summed E-state index contributed by atoms with van der Waals surface area (Å²) < 4.78 is 5.74. The van der Waals surface area contributed by atoms with Crippen molar-refractivity contribution in [3.05, 3.63) is 65.7 Å². The van der Waals surface area contributed by atoms with Gasteiger partial charge in [0, 0.05) is 7.05 Å². The van der Waals surface area contributed by atoms with Crippen LogP contribution in [-0.4, -0.2) is 76.2 Å². The van der Waals surface area contributed by atoms with Crippen molar-refractivity contribution >= 4 is 23.7 Å². The SMILES string of the molecule is C[C@H]1OC(=O)C(C2CCC2)N(C)C(=O)[C@H](C)[C@H](O)[C@H](Cc2ccccc2)NC(=O)[C@H]1NC(=O)c1ccccc1O. The van der Waals surface area contributed by atoms with E-state index in [4.69, 9.17) is 4.74 Å². The number of nitrogens with one attached hydrogen (secondary N) is 2. The zero-order chi connectivity index (χ0) is 29.0. The molecule has 1 heterocycles. The summed E-state index contributed by atoms with van der Waals surface area (Å²) in [6, 6.07) is 12.0. The summed E-state index contributed by atoms with van der Waals surface area (Å²) in [4.78, 5) is 55.1. The minimum absolute atomic E-state index is 0.0490. The molecule has 0 spiro atoms. The van der Waals surface area contributed by atoms with Crippen molar-refractivity contribution in [2.24, 2.45) is 11.8 Å². The number of hydrogen-bond donors (Lipinski definition) is 4. The van der Waals surface area contributed by atoms with Crippen molar-refractivity contribution in [1.29, 1.82) is 0 Å². The van der Waals surface area contributed by atoms with Gasteiger partial charge in [-0.15, -0.1) is 0 Å². The van der Waals surface area contributed by atoms with Crippen molar-refractivity contribution in [1.82, 2.24) is 15.5 Å². The van der Waals surface area contributed by atoms with Crippen LogP contribution in [-0.2, 0) is 25.5 Å². The number of aliphatic hydroxyl groups excluding tert-OH is 1.